The molecule has 1 N–H and O–H groups in total. The highest BCUT2D eigenvalue weighted by Gasteiger charge is 2.26. The smallest absolute Gasteiger partial charge is 0.242 e. The zero-order valence-corrected chi connectivity index (χ0v) is 18.5. The fourth-order valence-corrected chi connectivity index (χ4v) is 5.29. The third-order valence-corrected chi connectivity index (χ3v) is 7.04. The summed E-state index contributed by atoms with van der Waals surface area (Å²) in [5.74, 6) is 0.813. The van der Waals surface area contributed by atoms with Crippen molar-refractivity contribution in [3.05, 3.63) is 71.8 Å². The summed E-state index contributed by atoms with van der Waals surface area (Å²) in [4.78, 5) is 17.7. The summed E-state index contributed by atoms with van der Waals surface area (Å²) in [5, 5.41) is 0. The van der Waals surface area contributed by atoms with Crippen LogP contribution in [0.4, 0.5) is 0 Å². The molecule has 2 aromatic carbocycles. The van der Waals surface area contributed by atoms with Crippen LogP contribution in [0.5, 0.6) is 0 Å². The summed E-state index contributed by atoms with van der Waals surface area (Å²) in [5.41, 5.74) is 2.85. The number of sulfonamides is 1. The van der Waals surface area contributed by atoms with E-state index in [0.717, 1.165) is 42.8 Å². The lowest BCUT2D eigenvalue weighted by Crippen LogP contribution is -2.29. The number of fused-ring (bicyclic) bond motifs is 1. The summed E-state index contributed by atoms with van der Waals surface area (Å²) < 4.78 is 31.1. The maximum atomic E-state index is 13.3. The Balaban J connectivity index is 1.68. The van der Waals surface area contributed by atoms with Crippen molar-refractivity contribution in [1.29, 1.82) is 0 Å². The van der Waals surface area contributed by atoms with Gasteiger partial charge >= 0.3 is 0 Å². The van der Waals surface area contributed by atoms with Crippen molar-refractivity contribution in [2.45, 2.75) is 57.0 Å². The SMILES string of the molecule is CCCc1nc2c(n1CNS(=O)(=O)c1ccccc1-c1ccccc1)C(=O)CCCC2. The number of rotatable bonds is 7. The third-order valence-electron chi connectivity index (χ3n) is 5.60. The summed E-state index contributed by atoms with van der Waals surface area (Å²) in [6.45, 7) is 2.04. The van der Waals surface area contributed by atoms with Crippen LogP contribution in [0, 0.1) is 0 Å². The Hall–Kier alpha value is -2.77. The van der Waals surface area contributed by atoms with E-state index < -0.39 is 10.0 Å². The molecule has 162 valence electrons. The highest BCUT2D eigenvalue weighted by atomic mass is 32.2. The van der Waals surface area contributed by atoms with Crippen LogP contribution in [0.25, 0.3) is 11.1 Å². The molecule has 0 unspecified atom stereocenters. The number of aryl methyl sites for hydroxylation is 2. The normalized spacial score (nSPS) is 14.3. The van der Waals surface area contributed by atoms with E-state index in [9.17, 15) is 13.2 Å². The van der Waals surface area contributed by atoms with Crippen LogP contribution in [0.2, 0.25) is 0 Å². The van der Waals surface area contributed by atoms with Crippen molar-refractivity contribution >= 4 is 15.8 Å². The van der Waals surface area contributed by atoms with Gasteiger partial charge in [0.1, 0.15) is 11.5 Å². The number of hydrogen-bond donors (Lipinski definition) is 1. The first-order chi connectivity index (χ1) is 15.0. The molecule has 0 fully saturated rings. The molecule has 6 nitrogen and oxygen atoms in total. The number of Topliss-reactive ketones (excluding diaryl/α,β-unsaturated/α-hetero) is 1. The highest BCUT2D eigenvalue weighted by molar-refractivity contribution is 7.89. The van der Waals surface area contributed by atoms with Gasteiger partial charge in [-0.25, -0.2) is 13.4 Å². The van der Waals surface area contributed by atoms with E-state index in [0.29, 0.717) is 24.1 Å². The van der Waals surface area contributed by atoms with E-state index in [1.54, 1.807) is 22.8 Å². The van der Waals surface area contributed by atoms with Crippen LogP contribution in [0.3, 0.4) is 0 Å². The Labute approximate surface area is 183 Å². The predicted molar refractivity (Wildman–Crippen MR) is 120 cm³/mol. The molecule has 0 atom stereocenters. The molecule has 0 radical (unpaired) electrons. The molecule has 1 aliphatic rings. The molecular weight excluding hydrogens is 410 g/mol. The van der Waals surface area contributed by atoms with Crippen molar-refractivity contribution in [2.75, 3.05) is 0 Å². The van der Waals surface area contributed by atoms with Crippen LogP contribution in [0.1, 0.15) is 54.6 Å². The van der Waals surface area contributed by atoms with Gasteiger partial charge in [-0.1, -0.05) is 55.5 Å². The minimum Gasteiger partial charge on any atom is -0.311 e. The molecule has 0 saturated heterocycles. The first-order valence-electron chi connectivity index (χ1n) is 10.8. The van der Waals surface area contributed by atoms with Crippen molar-refractivity contribution in [1.82, 2.24) is 14.3 Å². The zero-order valence-electron chi connectivity index (χ0n) is 17.7. The van der Waals surface area contributed by atoms with Gasteiger partial charge in [0.05, 0.1) is 17.3 Å². The number of nitrogens with one attached hydrogen (secondary N) is 1. The van der Waals surface area contributed by atoms with Crippen LogP contribution in [-0.4, -0.2) is 23.8 Å². The second-order valence-corrected chi connectivity index (χ2v) is 9.54. The number of aromatic nitrogens is 2. The number of carbonyl (C=O) groups excluding carboxylic acids is 1. The summed E-state index contributed by atoms with van der Waals surface area (Å²) in [6, 6.07) is 16.4. The van der Waals surface area contributed by atoms with Crippen molar-refractivity contribution in [3.8, 4) is 11.1 Å². The van der Waals surface area contributed by atoms with E-state index in [1.807, 2.05) is 43.3 Å². The summed E-state index contributed by atoms with van der Waals surface area (Å²) in [7, 11) is -3.81. The predicted octanol–water partition coefficient (Wildman–Crippen LogP) is 4.35. The van der Waals surface area contributed by atoms with Crippen LogP contribution >= 0.6 is 0 Å². The fourth-order valence-electron chi connectivity index (χ4n) is 4.11. The number of benzene rings is 2. The molecule has 31 heavy (non-hydrogen) atoms. The molecule has 0 aliphatic heterocycles. The molecule has 7 heteroatoms. The van der Waals surface area contributed by atoms with Gasteiger partial charge in [-0.3, -0.25) is 4.79 Å². The van der Waals surface area contributed by atoms with Gasteiger partial charge in [0.2, 0.25) is 10.0 Å². The minimum absolute atomic E-state index is 0.00510. The molecule has 4 rings (SSSR count). The molecule has 0 amide bonds. The third kappa shape index (κ3) is 4.48. The molecule has 3 aromatic rings. The van der Waals surface area contributed by atoms with Crippen molar-refractivity contribution < 1.29 is 13.2 Å². The lowest BCUT2D eigenvalue weighted by atomic mass is 10.1. The average Bonchev–Trinajstić information content (AvgIpc) is 3.03. The second-order valence-electron chi connectivity index (χ2n) is 7.80. The molecule has 0 bridgehead atoms. The first-order valence-corrected chi connectivity index (χ1v) is 12.2. The molecular formula is C24H27N3O3S. The van der Waals surface area contributed by atoms with Gasteiger partial charge in [0.15, 0.2) is 5.78 Å². The largest absolute Gasteiger partial charge is 0.311 e. The minimum atomic E-state index is -3.81. The van der Waals surface area contributed by atoms with Gasteiger partial charge in [0, 0.05) is 18.4 Å². The van der Waals surface area contributed by atoms with E-state index in [1.165, 1.54) is 0 Å². The van der Waals surface area contributed by atoms with Crippen LogP contribution in [-0.2, 0) is 29.5 Å². The molecule has 1 aliphatic carbocycles. The summed E-state index contributed by atoms with van der Waals surface area (Å²) in [6.07, 6.45) is 4.57. The summed E-state index contributed by atoms with van der Waals surface area (Å²) >= 11 is 0. The number of carbonyl (C=O) groups is 1. The average molecular weight is 438 g/mol. The first kappa shape index (κ1) is 21.5. The Bertz CT molecular complexity index is 1180. The van der Waals surface area contributed by atoms with Crippen LogP contribution in [0.15, 0.2) is 59.5 Å². The van der Waals surface area contributed by atoms with Crippen molar-refractivity contribution in [3.63, 3.8) is 0 Å². The molecule has 0 spiro atoms. The zero-order chi connectivity index (χ0) is 21.8. The number of imidazole rings is 1. The standard InChI is InChI=1S/C24H27N3O3S/c1-2-10-23-26-20-14-7-8-15-21(28)24(20)27(23)17-25-31(29,30)22-16-9-6-13-19(22)18-11-4-3-5-12-18/h3-6,9,11-13,16,25H,2,7-8,10,14-15,17H2,1H3. The van der Waals surface area contributed by atoms with E-state index in [-0.39, 0.29) is 17.3 Å². The number of ketones is 1. The quantitative estimate of drug-likeness (QED) is 0.557. The number of nitrogens with zero attached hydrogens (tertiary/aromatic N) is 2. The van der Waals surface area contributed by atoms with Gasteiger partial charge in [-0.05, 0) is 37.3 Å². The molecule has 1 aromatic heterocycles. The van der Waals surface area contributed by atoms with E-state index in [2.05, 4.69) is 4.72 Å². The fraction of sp³-hybridized carbons (Fsp3) is 0.333. The Kier molecular flexibility index (Phi) is 6.34. The molecule has 1 heterocycles. The lowest BCUT2D eigenvalue weighted by Gasteiger charge is -2.15. The topological polar surface area (TPSA) is 81.1 Å². The Morgan fingerprint density at radius 1 is 1.00 bits per heavy atom. The van der Waals surface area contributed by atoms with Crippen molar-refractivity contribution in [2.24, 2.45) is 0 Å². The maximum Gasteiger partial charge on any atom is 0.242 e. The Morgan fingerprint density at radius 3 is 2.48 bits per heavy atom. The highest BCUT2D eigenvalue weighted by Crippen LogP contribution is 2.27. The van der Waals surface area contributed by atoms with Gasteiger partial charge in [0.25, 0.3) is 0 Å². The Morgan fingerprint density at radius 2 is 1.71 bits per heavy atom. The van der Waals surface area contributed by atoms with Gasteiger partial charge in [-0.2, -0.15) is 4.72 Å². The maximum absolute atomic E-state index is 13.3. The van der Waals surface area contributed by atoms with Gasteiger partial charge in [-0.15, -0.1) is 0 Å². The van der Waals surface area contributed by atoms with Gasteiger partial charge < -0.3 is 4.57 Å². The lowest BCUT2D eigenvalue weighted by molar-refractivity contribution is 0.0972. The monoisotopic (exact) mass is 437 g/mol. The van der Waals surface area contributed by atoms with E-state index in [4.69, 9.17) is 4.98 Å². The molecule has 0 saturated carbocycles. The number of hydrogen-bond acceptors (Lipinski definition) is 4. The van der Waals surface area contributed by atoms with E-state index >= 15 is 0 Å². The van der Waals surface area contributed by atoms with Crippen LogP contribution < -0.4 is 4.72 Å². The second kappa shape index (κ2) is 9.16.